The van der Waals surface area contributed by atoms with Gasteiger partial charge in [-0.3, -0.25) is 0 Å². The van der Waals surface area contributed by atoms with Crippen LogP contribution in [0, 0.1) is 17.8 Å². The molecule has 29 heavy (non-hydrogen) atoms. The van der Waals surface area contributed by atoms with Gasteiger partial charge in [0, 0.05) is 18.1 Å². The number of hydrogen-bond acceptors (Lipinski definition) is 9. The third-order valence-electron chi connectivity index (χ3n) is 3.08. The number of carbonyl (C=O) groups excluding carboxylic acids is 3. The van der Waals surface area contributed by atoms with E-state index in [-0.39, 0.29) is 29.8 Å². The summed E-state index contributed by atoms with van der Waals surface area (Å²) in [5.41, 5.74) is 15.5. The van der Waals surface area contributed by atoms with E-state index in [1.807, 2.05) is 41.5 Å². The summed E-state index contributed by atoms with van der Waals surface area (Å²) < 4.78 is 0. The molecule has 0 heterocycles. The summed E-state index contributed by atoms with van der Waals surface area (Å²) in [7, 11) is 0. The minimum atomic E-state index is -1.16. The van der Waals surface area contributed by atoms with Crippen molar-refractivity contribution in [2.24, 2.45) is 35.0 Å². The van der Waals surface area contributed by atoms with Crippen molar-refractivity contribution in [3.63, 3.8) is 0 Å². The molecular weight excluding hydrogens is 442 g/mol. The van der Waals surface area contributed by atoms with Crippen molar-refractivity contribution in [1.82, 2.24) is 0 Å². The Labute approximate surface area is 191 Å². The predicted octanol–water partition coefficient (Wildman–Crippen LogP) is -2.25. The van der Waals surface area contributed by atoms with Gasteiger partial charge in [0.15, 0.2) is 0 Å². The fourth-order valence-corrected chi connectivity index (χ4v) is 1.81. The number of rotatable bonds is 9. The third kappa shape index (κ3) is 32.0. The Morgan fingerprint density at radius 3 is 0.759 bits per heavy atom. The molecule has 0 saturated carbocycles. The van der Waals surface area contributed by atoms with Crippen LogP contribution in [0.3, 0.4) is 0 Å². The molecular formula is C18H37ClCrN3O6. The van der Waals surface area contributed by atoms with Crippen LogP contribution in [0.5, 0.6) is 0 Å². The van der Waals surface area contributed by atoms with Crippen molar-refractivity contribution < 1.29 is 47.1 Å². The summed E-state index contributed by atoms with van der Waals surface area (Å²) >= 11 is 0. The van der Waals surface area contributed by atoms with E-state index in [9.17, 15) is 29.7 Å². The molecule has 0 aromatic heterocycles. The smallest absolute Gasteiger partial charge is 0.548 e. The normalized spacial score (nSPS) is 12.8. The molecule has 0 aromatic rings. The Bertz CT molecular complexity index is 378. The molecule has 173 valence electrons. The minimum absolute atomic E-state index is 0. The zero-order chi connectivity index (χ0) is 22.3. The maximum atomic E-state index is 10.00. The first kappa shape index (κ1) is 38.7. The average Bonchev–Trinajstić information content (AvgIpc) is 2.46. The van der Waals surface area contributed by atoms with E-state index in [4.69, 9.17) is 17.2 Å². The Morgan fingerprint density at radius 1 is 0.586 bits per heavy atom. The van der Waals surface area contributed by atoms with E-state index in [0.717, 1.165) is 0 Å². The van der Waals surface area contributed by atoms with Gasteiger partial charge in [-0.05, 0) is 37.0 Å². The number of aliphatic carboxylic acids is 3. The standard InChI is InChI=1S/3C6H13NO2.ClH.Cr/c3*1-4(2)3-5(7)6(8)9;;/h3*4-5H,3,7H2,1-2H3,(H,8,9);1H;/q;;;;+3/p-3/t3*5-;;/m000../s1. The zero-order valence-electron chi connectivity index (χ0n) is 18.1. The second-order valence-corrected chi connectivity index (χ2v) is 7.67. The summed E-state index contributed by atoms with van der Waals surface area (Å²) in [4.78, 5) is 30.0. The van der Waals surface area contributed by atoms with Gasteiger partial charge in [-0.1, -0.05) is 41.5 Å². The van der Waals surface area contributed by atoms with Crippen LogP contribution in [0.2, 0.25) is 0 Å². The van der Waals surface area contributed by atoms with Crippen molar-refractivity contribution in [2.75, 3.05) is 0 Å². The van der Waals surface area contributed by atoms with Crippen LogP contribution < -0.4 is 32.5 Å². The molecule has 0 aliphatic carbocycles. The summed E-state index contributed by atoms with van der Waals surface area (Å²) in [5.74, 6) is -2.54. The van der Waals surface area contributed by atoms with Crippen LogP contribution in [0.1, 0.15) is 60.8 Å². The Balaban J connectivity index is -0.0000000960. The average molecular weight is 479 g/mol. The van der Waals surface area contributed by atoms with E-state index in [0.29, 0.717) is 37.0 Å². The largest absolute Gasteiger partial charge is 3.00 e. The molecule has 0 aliphatic heterocycles. The second-order valence-electron chi connectivity index (χ2n) is 7.67. The van der Waals surface area contributed by atoms with Crippen LogP contribution in [0.25, 0.3) is 0 Å². The molecule has 0 saturated heterocycles. The SMILES string of the molecule is CC(C)C[C@H](N)C(=O)[O-].CC(C)C[C@H](N)C(=O)[O-].CC(C)C[C@H](N)C(=O)[O-].Cl.[Cr+3]. The number of halogens is 1. The molecule has 6 N–H and O–H groups in total. The Kier molecular flexibility index (Phi) is 29.1. The van der Waals surface area contributed by atoms with Gasteiger partial charge in [0.1, 0.15) is 0 Å². The van der Waals surface area contributed by atoms with Gasteiger partial charge >= 0.3 is 17.4 Å². The maximum Gasteiger partial charge on any atom is 3.00 e. The maximum absolute atomic E-state index is 10.00. The molecule has 0 unspecified atom stereocenters. The van der Waals surface area contributed by atoms with Gasteiger partial charge in [0.2, 0.25) is 0 Å². The van der Waals surface area contributed by atoms with Crippen LogP contribution in [-0.4, -0.2) is 36.0 Å². The molecule has 0 rings (SSSR count). The van der Waals surface area contributed by atoms with E-state index in [2.05, 4.69) is 0 Å². The number of hydrogen-bond donors (Lipinski definition) is 3. The van der Waals surface area contributed by atoms with E-state index >= 15 is 0 Å². The molecule has 0 aliphatic rings. The van der Waals surface area contributed by atoms with Crippen LogP contribution in [0.4, 0.5) is 0 Å². The van der Waals surface area contributed by atoms with Gasteiger partial charge in [-0.25, -0.2) is 0 Å². The molecule has 0 amide bonds. The van der Waals surface area contributed by atoms with E-state index < -0.39 is 36.0 Å². The van der Waals surface area contributed by atoms with Crippen molar-refractivity contribution >= 4 is 30.3 Å². The number of carboxylic acid groups (broad SMARTS) is 3. The topological polar surface area (TPSA) is 198 Å². The fraction of sp³-hybridized carbons (Fsp3) is 0.833. The van der Waals surface area contributed by atoms with E-state index in [1.165, 1.54) is 0 Å². The van der Waals surface area contributed by atoms with Gasteiger partial charge in [-0.15, -0.1) is 12.4 Å². The van der Waals surface area contributed by atoms with Crippen molar-refractivity contribution in [2.45, 2.75) is 78.9 Å². The minimum Gasteiger partial charge on any atom is -0.548 e. The molecule has 11 heteroatoms. The van der Waals surface area contributed by atoms with Gasteiger partial charge < -0.3 is 46.9 Å². The summed E-state index contributed by atoms with van der Waals surface area (Å²) in [6, 6.07) is -2.40. The quantitative estimate of drug-likeness (QED) is 0.327. The number of nitrogens with two attached hydrogens (primary N) is 3. The molecule has 1 radical (unpaired) electrons. The van der Waals surface area contributed by atoms with Crippen molar-refractivity contribution in [3.05, 3.63) is 0 Å². The van der Waals surface area contributed by atoms with Gasteiger partial charge in [0.05, 0.1) is 17.9 Å². The summed E-state index contributed by atoms with van der Waals surface area (Å²) in [6.45, 7) is 11.5. The Hall–Kier alpha value is -0.888. The zero-order valence-corrected chi connectivity index (χ0v) is 20.2. The first-order valence-corrected chi connectivity index (χ1v) is 9.00. The Morgan fingerprint density at radius 2 is 0.724 bits per heavy atom. The molecule has 9 nitrogen and oxygen atoms in total. The third-order valence-corrected chi connectivity index (χ3v) is 3.08. The number of carboxylic acids is 3. The van der Waals surface area contributed by atoms with Crippen LogP contribution in [0.15, 0.2) is 0 Å². The molecule has 0 bridgehead atoms. The van der Waals surface area contributed by atoms with Crippen molar-refractivity contribution in [1.29, 1.82) is 0 Å². The summed E-state index contributed by atoms with van der Waals surface area (Å²) in [6.07, 6.45) is 1.47. The summed E-state index contributed by atoms with van der Waals surface area (Å²) in [5, 5.41) is 30.0. The van der Waals surface area contributed by atoms with Crippen LogP contribution >= 0.6 is 12.4 Å². The molecule has 3 atom stereocenters. The fourth-order valence-electron chi connectivity index (χ4n) is 1.81. The van der Waals surface area contributed by atoms with Crippen molar-refractivity contribution in [3.8, 4) is 0 Å². The first-order chi connectivity index (χ1) is 12.1. The predicted molar refractivity (Wildman–Crippen MR) is 105 cm³/mol. The number of carbonyl (C=O) groups is 3. The van der Waals surface area contributed by atoms with Gasteiger partial charge in [-0.2, -0.15) is 0 Å². The molecule has 0 fully saturated rings. The van der Waals surface area contributed by atoms with E-state index in [1.54, 1.807) is 0 Å². The molecule has 0 aromatic carbocycles. The monoisotopic (exact) mass is 478 g/mol. The first-order valence-electron chi connectivity index (χ1n) is 9.00. The molecule has 0 spiro atoms. The second kappa shape index (κ2) is 21.8. The van der Waals surface area contributed by atoms with Crippen LogP contribution in [-0.2, 0) is 31.7 Å². The van der Waals surface area contributed by atoms with Gasteiger partial charge in [0.25, 0.3) is 0 Å².